The SMILES string of the molecule is N#Cc1cc(F)cc(Oc2ccc3c(c2C#N)C(O)C(F)(F)C3(F)F)c1. The Bertz CT molecular complexity index is 992. The third-order valence-electron chi connectivity index (χ3n) is 3.92. The van der Waals surface area contributed by atoms with Gasteiger partial charge in [-0.25, -0.2) is 4.39 Å². The fourth-order valence-corrected chi connectivity index (χ4v) is 2.70. The second-order valence-corrected chi connectivity index (χ2v) is 5.50. The van der Waals surface area contributed by atoms with E-state index >= 15 is 0 Å². The summed E-state index contributed by atoms with van der Waals surface area (Å²) in [6.07, 6.45) is -2.91. The first-order valence-electron chi connectivity index (χ1n) is 7.03. The summed E-state index contributed by atoms with van der Waals surface area (Å²) in [5.74, 6) is -11.0. The highest BCUT2D eigenvalue weighted by Crippen LogP contribution is 2.59. The van der Waals surface area contributed by atoms with Crippen molar-refractivity contribution in [2.75, 3.05) is 0 Å². The smallest absolute Gasteiger partial charge is 0.343 e. The highest BCUT2D eigenvalue weighted by molar-refractivity contribution is 5.59. The lowest BCUT2D eigenvalue weighted by Gasteiger charge is -2.20. The second-order valence-electron chi connectivity index (χ2n) is 5.50. The molecule has 1 unspecified atom stereocenters. The molecule has 2 aromatic rings. The zero-order chi connectivity index (χ0) is 19.3. The third kappa shape index (κ3) is 2.37. The number of ether oxygens (including phenoxy) is 1. The molecule has 2 aromatic carbocycles. The predicted molar refractivity (Wildman–Crippen MR) is 76.1 cm³/mol. The molecule has 1 aliphatic rings. The number of rotatable bonds is 2. The molecule has 0 spiro atoms. The van der Waals surface area contributed by atoms with Crippen LogP contribution in [0.4, 0.5) is 22.0 Å². The van der Waals surface area contributed by atoms with Crippen LogP contribution in [0, 0.1) is 28.5 Å². The van der Waals surface area contributed by atoms with Crippen LogP contribution in [0.2, 0.25) is 0 Å². The van der Waals surface area contributed by atoms with Crippen molar-refractivity contribution in [2.24, 2.45) is 0 Å². The van der Waals surface area contributed by atoms with E-state index in [2.05, 4.69) is 0 Å². The zero-order valence-electron chi connectivity index (χ0n) is 12.6. The van der Waals surface area contributed by atoms with Gasteiger partial charge in [-0.3, -0.25) is 0 Å². The number of halogens is 5. The van der Waals surface area contributed by atoms with Crippen molar-refractivity contribution in [3.05, 3.63) is 58.4 Å². The summed E-state index contributed by atoms with van der Waals surface area (Å²) in [4.78, 5) is 0. The standard InChI is InChI=1S/C17H7F5N2O2/c18-9-3-8(6-23)4-10(5-9)26-13-2-1-12-14(11(13)7-24)15(25)17(21,22)16(12,19)20/h1-5,15,25H. The molecule has 0 saturated carbocycles. The van der Waals surface area contributed by atoms with E-state index in [-0.39, 0.29) is 11.3 Å². The molecule has 0 fully saturated rings. The number of nitriles is 2. The van der Waals surface area contributed by atoms with Gasteiger partial charge in [0.2, 0.25) is 0 Å². The average molecular weight is 366 g/mol. The molecule has 3 rings (SSSR count). The Morgan fingerprint density at radius 2 is 1.73 bits per heavy atom. The van der Waals surface area contributed by atoms with Gasteiger partial charge in [-0.2, -0.15) is 28.1 Å². The van der Waals surface area contributed by atoms with Gasteiger partial charge >= 0.3 is 11.8 Å². The van der Waals surface area contributed by atoms with Crippen molar-refractivity contribution in [1.29, 1.82) is 10.5 Å². The number of alkyl halides is 4. The largest absolute Gasteiger partial charge is 0.456 e. The number of hydrogen-bond donors (Lipinski definition) is 1. The second kappa shape index (κ2) is 5.68. The van der Waals surface area contributed by atoms with Gasteiger partial charge in [-0.05, 0) is 24.3 Å². The quantitative estimate of drug-likeness (QED) is 0.811. The van der Waals surface area contributed by atoms with Crippen LogP contribution in [-0.4, -0.2) is 11.0 Å². The van der Waals surface area contributed by atoms with Crippen LogP contribution in [0.15, 0.2) is 30.3 Å². The number of hydrogen-bond acceptors (Lipinski definition) is 4. The van der Waals surface area contributed by atoms with E-state index in [0.717, 1.165) is 24.3 Å². The Morgan fingerprint density at radius 3 is 2.35 bits per heavy atom. The maximum Gasteiger partial charge on any atom is 0.343 e. The monoisotopic (exact) mass is 366 g/mol. The lowest BCUT2D eigenvalue weighted by Crippen LogP contribution is -2.36. The molecule has 0 radical (unpaired) electrons. The van der Waals surface area contributed by atoms with Gasteiger partial charge in [-0.1, -0.05) is 0 Å². The minimum atomic E-state index is -4.80. The third-order valence-corrected chi connectivity index (χ3v) is 3.92. The summed E-state index contributed by atoms with van der Waals surface area (Å²) in [5, 5.41) is 27.7. The van der Waals surface area contributed by atoms with Crippen molar-refractivity contribution in [2.45, 2.75) is 17.9 Å². The van der Waals surface area contributed by atoms with Crippen LogP contribution >= 0.6 is 0 Å². The van der Waals surface area contributed by atoms with Crippen molar-refractivity contribution in [3.63, 3.8) is 0 Å². The average Bonchev–Trinajstić information content (AvgIpc) is 2.72. The Morgan fingerprint density at radius 1 is 1.04 bits per heavy atom. The first-order chi connectivity index (χ1) is 12.1. The summed E-state index contributed by atoms with van der Waals surface area (Å²) in [7, 11) is 0. The van der Waals surface area contributed by atoms with Crippen molar-refractivity contribution in [3.8, 4) is 23.6 Å². The molecular weight excluding hydrogens is 359 g/mol. The molecule has 9 heteroatoms. The van der Waals surface area contributed by atoms with Crippen molar-refractivity contribution >= 4 is 0 Å². The highest BCUT2D eigenvalue weighted by atomic mass is 19.3. The van der Waals surface area contributed by atoms with Gasteiger partial charge < -0.3 is 9.84 Å². The van der Waals surface area contributed by atoms with E-state index in [1.54, 1.807) is 6.07 Å². The highest BCUT2D eigenvalue weighted by Gasteiger charge is 2.69. The lowest BCUT2D eigenvalue weighted by atomic mass is 10.0. The van der Waals surface area contributed by atoms with Gasteiger partial charge in [-0.15, -0.1) is 0 Å². The topological polar surface area (TPSA) is 77.0 Å². The molecule has 0 bridgehead atoms. The van der Waals surface area contributed by atoms with Crippen molar-refractivity contribution in [1.82, 2.24) is 0 Å². The molecule has 0 amide bonds. The molecule has 0 saturated heterocycles. The maximum absolute atomic E-state index is 13.8. The van der Waals surface area contributed by atoms with E-state index in [1.807, 2.05) is 0 Å². The molecule has 4 nitrogen and oxygen atoms in total. The minimum Gasteiger partial charge on any atom is -0.456 e. The summed E-state index contributed by atoms with van der Waals surface area (Å²) >= 11 is 0. The number of aliphatic hydroxyl groups is 1. The van der Waals surface area contributed by atoms with Crippen LogP contribution in [-0.2, 0) is 5.92 Å². The van der Waals surface area contributed by atoms with E-state index in [0.29, 0.717) is 6.07 Å². The molecule has 0 aromatic heterocycles. The maximum atomic E-state index is 13.8. The molecule has 26 heavy (non-hydrogen) atoms. The number of benzene rings is 2. The van der Waals surface area contributed by atoms with E-state index < -0.39 is 46.2 Å². The van der Waals surface area contributed by atoms with Gasteiger partial charge in [0.1, 0.15) is 28.9 Å². The summed E-state index contributed by atoms with van der Waals surface area (Å²) < 4.78 is 73.8. The Balaban J connectivity index is 2.14. The summed E-state index contributed by atoms with van der Waals surface area (Å²) in [6, 6.07) is 7.45. The normalized spacial score (nSPS) is 19.3. The summed E-state index contributed by atoms with van der Waals surface area (Å²) in [5.41, 5.74) is -2.97. The van der Waals surface area contributed by atoms with Crippen LogP contribution in [0.1, 0.15) is 28.4 Å². The number of fused-ring (bicyclic) bond motifs is 1. The summed E-state index contributed by atoms with van der Waals surface area (Å²) in [6.45, 7) is 0. The first-order valence-corrected chi connectivity index (χ1v) is 7.03. The predicted octanol–water partition coefficient (Wildman–Crippen LogP) is 4.14. The fraction of sp³-hybridized carbons (Fsp3) is 0.176. The van der Waals surface area contributed by atoms with Crippen LogP contribution < -0.4 is 4.74 Å². The molecule has 1 atom stereocenters. The minimum absolute atomic E-state index is 0.113. The van der Waals surface area contributed by atoms with Crippen LogP contribution in [0.25, 0.3) is 0 Å². The fourth-order valence-electron chi connectivity index (χ4n) is 2.70. The molecule has 132 valence electrons. The van der Waals surface area contributed by atoms with E-state index in [9.17, 15) is 32.3 Å². The van der Waals surface area contributed by atoms with Gasteiger partial charge in [0.05, 0.1) is 11.6 Å². The molecule has 0 heterocycles. The first kappa shape index (κ1) is 17.6. The molecule has 1 N–H and O–H groups in total. The Labute approximate surface area is 143 Å². The number of aliphatic hydroxyl groups excluding tert-OH is 1. The molecule has 0 aliphatic heterocycles. The van der Waals surface area contributed by atoms with Crippen LogP contribution in [0.5, 0.6) is 11.5 Å². The van der Waals surface area contributed by atoms with E-state index in [4.69, 9.17) is 10.00 Å². The zero-order valence-corrected chi connectivity index (χ0v) is 12.6. The lowest BCUT2D eigenvalue weighted by molar-refractivity contribution is -0.246. The van der Waals surface area contributed by atoms with E-state index in [1.165, 1.54) is 6.07 Å². The Kier molecular flexibility index (Phi) is 3.86. The molecular formula is C17H7F5N2O2. The number of nitrogens with zero attached hydrogens (tertiary/aromatic N) is 2. The Hall–Kier alpha value is -3.17. The van der Waals surface area contributed by atoms with Crippen molar-refractivity contribution < 1.29 is 31.8 Å². The molecule has 1 aliphatic carbocycles. The van der Waals surface area contributed by atoms with Gasteiger partial charge in [0.25, 0.3) is 0 Å². The van der Waals surface area contributed by atoms with Gasteiger partial charge in [0, 0.05) is 17.2 Å². The van der Waals surface area contributed by atoms with Gasteiger partial charge in [0.15, 0.2) is 6.10 Å². The van der Waals surface area contributed by atoms with Crippen LogP contribution in [0.3, 0.4) is 0 Å².